The molecular formula is C12H13ClN2OS. The highest BCUT2D eigenvalue weighted by Gasteiger charge is 1.99. The van der Waals surface area contributed by atoms with Crippen LogP contribution in [0, 0.1) is 0 Å². The van der Waals surface area contributed by atoms with E-state index in [1.165, 1.54) is 4.88 Å². The van der Waals surface area contributed by atoms with Crippen LogP contribution in [0.1, 0.15) is 10.4 Å². The number of methoxy groups -OCH3 is 1. The molecule has 0 bridgehead atoms. The summed E-state index contributed by atoms with van der Waals surface area (Å²) in [5, 5.41) is 6.09. The molecule has 3 nitrogen and oxygen atoms in total. The molecule has 5 heteroatoms. The van der Waals surface area contributed by atoms with Crippen LogP contribution in [0.2, 0.25) is 5.02 Å². The molecule has 0 spiro atoms. The number of nitrogens with zero attached hydrogens (tertiary/aromatic N) is 1. The van der Waals surface area contributed by atoms with Crippen LogP contribution in [0.25, 0.3) is 0 Å². The van der Waals surface area contributed by atoms with Crippen molar-refractivity contribution in [3.8, 4) is 5.88 Å². The van der Waals surface area contributed by atoms with Crippen LogP contribution in [0.15, 0.2) is 29.8 Å². The Bertz CT molecular complexity index is 487. The molecule has 0 amide bonds. The minimum Gasteiger partial charge on any atom is -0.481 e. The van der Waals surface area contributed by atoms with Crippen LogP contribution in [0.5, 0.6) is 5.88 Å². The minimum atomic E-state index is 0.642. The Morgan fingerprint density at radius 2 is 2.29 bits per heavy atom. The van der Waals surface area contributed by atoms with E-state index in [9.17, 15) is 0 Å². The topological polar surface area (TPSA) is 34.1 Å². The van der Waals surface area contributed by atoms with Crippen LogP contribution in [0.3, 0.4) is 0 Å². The number of hydrogen-bond donors (Lipinski definition) is 1. The van der Waals surface area contributed by atoms with E-state index >= 15 is 0 Å². The monoisotopic (exact) mass is 268 g/mol. The highest BCUT2D eigenvalue weighted by atomic mass is 35.5. The third kappa shape index (κ3) is 3.70. The van der Waals surface area contributed by atoms with Crippen LogP contribution in [-0.2, 0) is 13.1 Å². The van der Waals surface area contributed by atoms with Crippen molar-refractivity contribution in [2.45, 2.75) is 13.1 Å². The van der Waals surface area contributed by atoms with Crippen molar-refractivity contribution in [1.82, 2.24) is 10.3 Å². The van der Waals surface area contributed by atoms with Gasteiger partial charge in [0.25, 0.3) is 0 Å². The zero-order valence-corrected chi connectivity index (χ0v) is 11.0. The number of aromatic nitrogens is 1. The molecular weight excluding hydrogens is 256 g/mol. The Hall–Kier alpha value is -1.10. The molecule has 0 aromatic carbocycles. The number of nitrogens with one attached hydrogen (secondary N) is 1. The van der Waals surface area contributed by atoms with Crippen LogP contribution < -0.4 is 10.1 Å². The molecule has 0 radical (unpaired) electrons. The van der Waals surface area contributed by atoms with Crippen LogP contribution >= 0.6 is 22.9 Å². The van der Waals surface area contributed by atoms with Crippen molar-refractivity contribution in [3.05, 3.63) is 45.2 Å². The van der Waals surface area contributed by atoms with Crippen molar-refractivity contribution in [1.29, 1.82) is 0 Å². The number of hydrogen-bond acceptors (Lipinski definition) is 4. The van der Waals surface area contributed by atoms with E-state index in [-0.39, 0.29) is 0 Å². The third-order valence-electron chi connectivity index (χ3n) is 2.26. The van der Waals surface area contributed by atoms with Gasteiger partial charge >= 0.3 is 0 Å². The number of thiophene rings is 1. The summed E-state index contributed by atoms with van der Waals surface area (Å²) in [5.74, 6) is 0.642. The quantitative estimate of drug-likeness (QED) is 0.905. The molecule has 0 saturated carbocycles. The lowest BCUT2D eigenvalue weighted by Gasteiger charge is -2.04. The number of rotatable bonds is 5. The van der Waals surface area contributed by atoms with E-state index < -0.39 is 0 Å². The Labute approximate surface area is 109 Å². The minimum absolute atomic E-state index is 0.642. The van der Waals surface area contributed by atoms with Gasteiger partial charge in [-0.15, -0.1) is 11.3 Å². The first-order valence-corrected chi connectivity index (χ1v) is 6.46. The van der Waals surface area contributed by atoms with E-state index in [1.807, 2.05) is 23.6 Å². The highest BCUT2D eigenvalue weighted by Crippen LogP contribution is 2.18. The lowest BCUT2D eigenvalue weighted by atomic mass is 10.2. The zero-order chi connectivity index (χ0) is 12.1. The summed E-state index contributed by atoms with van der Waals surface area (Å²) in [5.41, 5.74) is 1.15. The number of ether oxygens (including phenoxy) is 1. The summed E-state index contributed by atoms with van der Waals surface area (Å²) >= 11 is 7.51. The fourth-order valence-electron chi connectivity index (χ4n) is 1.45. The van der Waals surface area contributed by atoms with Crippen LogP contribution in [0.4, 0.5) is 0 Å². The van der Waals surface area contributed by atoms with Crippen molar-refractivity contribution < 1.29 is 4.74 Å². The smallest absolute Gasteiger partial charge is 0.213 e. The average Bonchev–Trinajstić information content (AvgIpc) is 2.75. The second-order valence-electron chi connectivity index (χ2n) is 3.54. The molecule has 0 aliphatic heterocycles. The predicted molar refractivity (Wildman–Crippen MR) is 70.7 cm³/mol. The van der Waals surface area contributed by atoms with E-state index in [0.29, 0.717) is 5.88 Å². The molecule has 0 atom stereocenters. The summed E-state index contributed by atoms with van der Waals surface area (Å²) in [6.45, 7) is 1.61. The average molecular weight is 269 g/mol. The SMILES string of the molecule is COc1cc(CNCc2cc(Cl)cs2)ccn1. The Morgan fingerprint density at radius 3 is 3.00 bits per heavy atom. The third-order valence-corrected chi connectivity index (χ3v) is 3.54. The molecule has 2 heterocycles. The maximum absolute atomic E-state index is 5.85. The van der Waals surface area contributed by atoms with Gasteiger partial charge in [-0.3, -0.25) is 0 Å². The largest absolute Gasteiger partial charge is 0.481 e. The van der Waals surface area contributed by atoms with E-state index in [2.05, 4.69) is 10.3 Å². The molecule has 0 aliphatic carbocycles. The Morgan fingerprint density at radius 1 is 1.41 bits per heavy atom. The molecule has 0 saturated heterocycles. The van der Waals surface area contributed by atoms with E-state index in [4.69, 9.17) is 16.3 Å². The van der Waals surface area contributed by atoms with Gasteiger partial charge in [0.2, 0.25) is 5.88 Å². The van der Waals surface area contributed by atoms with Crippen molar-refractivity contribution in [2.24, 2.45) is 0 Å². The summed E-state index contributed by atoms with van der Waals surface area (Å²) in [7, 11) is 1.62. The fraction of sp³-hybridized carbons (Fsp3) is 0.250. The van der Waals surface area contributed by atoms with Crippen molar-refractivity contribution in [3.63, 3.8) is 0 Å². The van der Waals surface area contributed by atoms with Gasteiger partial charge in [0.05, 0.1) is 12.1 Å². The maximum atomic E-state index is 5.85. The molecule has 2 rings (SSSR count). The first kappa shape index (κ1) is 12.4. The van der Waals surface area contributed by atoms with E-state index in [0.717, 1.165) is 23.7 Å². The number of pyridine rings is 1. The van der Waals surface area contributed by atoms with Crippen molar-refractivity contribution >= 4 is 22.9 Å². The van der Waals surface area contributed by atoms with Gasteiger partial charge in [-0.05, 0) is 17.7 Å². The van der Waals surface area contributed by atoms with Gasteiger partial charge in [0, 0.05) is 35.6 Å². The molecule has 0 aliphatic rings. The van der Waals surface area contributed by atoms with Gasteiger partial charge in [-0.1, -0.05) is 11.6 Å². The van der Waals surface area contributed by atoms with Gasteiger partial charge < -0.3 is 10.1 Å². The second kappa shape index (κ2) is 6.00. The van der Waals surface area contributed by atoms with Gasteiger partial charge in [-0.2, -0.15) is 0 Å². The van der Waals surface area contributed by atoms with Gasteiger partial charge in [0.1, 0.15) is 0 Å². The normalized spacial score (nSPS) is 10.5. The van der Waals surface area contributed by atoms with Gasteiger partial charge in [-0.25, -0.2) is 4.98 Å². The molecule has 0 fully saturated rings. The predicted octanol–water partition coefficient (Wildman–Crippen LogP) is 3.09. The molecule has 1 N–H and O–H groups in total. The summed E-state index contributed by atoms with van der Waals surface area (Å²) < 4.78 is 5.07. The maximum Gasteiger partial charge on any atom is 0.213 e. The molecule has 0 unspecified atom stereocenters. The zero-order valence-electron chi connectivity index (χ0n) is 9.44. The Balaban J connectivity index is 1.85. The molecule has 2 aromatic heterocycles. The summed E-state index contributed by atoms with van der Waals surface area (Å²) in [4.78, 5) is 5.29. The highest BCUT2D eigenvalue weighted by molar-refractivity contribution is 7.10. The first-order chi connectivity index (χ1) is 8.28. The standard InChI is InChI=1S/C12H13ClN2OS/c1-16-12-4-9(2-3-15-12)6-14-7-11-5-10(13)8-17-11/h2-5,8,14H,6-7H2,1H3. The molecule has 90 valence electrons. The second-order valence-corrected chi connectivity index (χ2v) is 4.97. The fourth-order valence-corrected chi connectivity index (χ4v) is 2.49. The summed E-state index contributed by atoms with van der Waals surface area (Å²) in [6, 6.07) is 5.87. The van der Waals surface area contributed by atoms with Crippen molar-refractivity contribution in [2.75, 3.05) is 7.11 Å². The summed E-state index contributed by atoms with van der Waals surface area (Å²) in [6.07, 6.45) is 1.75. The lowest BCUT2D eigenvalue weighted by Crippen LogP contribution is -2.11. The number of halogens is 1. The molecule has 17 heavy (non-hydrogen) atoms. The lowest BCUT2D eigenvalue weighted by molar-refractivity contribution is 0.397. The first-order valence-electron chi connectivity index (χ1n) is 5.20. The van der Waals surface area contributed by atoms with Gasteiger partial charge in [0.15, 0.2) is 0 Å². The van der Waals surface area contributed by atoms with Crippen LogP contribution in [-0.4, -0.2) is 12.1 Å². The molecule has 2 aromatic rings. The van der Waals surface area contributed by atoms with E-state index in [1.54, 1.807) is 24.6 Å². The Kier molecular flexibility index (Phi) is 4.36.